The molecule has 0 aromatic carbocycles. The van der Waals surface area contributed by atoms with Gasteiger partial charge in [0.25, 0.3) is 0 Å². The molecule has 4 amide bonds. The summed E-state index contributed by atoms with van der Waals surface area (Å²) in [7, 11) is 0. The molecule has 0 saturated heterocycles. The van der Waals surface area contributed by atoms with Crippen molar-refractivity contribution >= 4 is 115 Å². The van der Waals surface area contributed by atoms with E-state index in [1.807, 2.05) is 0 Å². The van der Waals surface area contributed by atoms with Crippen molar-refractivity contribution in [3.8, 4) is 0 Å². The summed E-state index contributed by atoms with van der Waals surface area (Å²) in [6.07, 6.45) is 11.8. The Morgan fingerprint density at radius 2 is 0.818 bits per heavy atom. The van der Waals surface area contributed by atoms with E-state index in [-0.39, 0.29) is 30.7 Å². The summed E-state index contributed by atoms with van der Waals surface area (Å²) >= 11 is 26.1. The molecule has 0 aliphatic heterocycles. The Balaban J connectivity index is -0.000000392. The van der Waals surface area contributed by atoms with Crippen LogP contribution in [-0.2, 0) is 73.4 Å². The number of rotatable bonds is 38. The number of nitrogens with one attached hydrogen (secondary N) is 7. The van der Waals surface area contributed by atoms with Crippen LogP contribution >= 0.6 is 32.1 Å². The number of nitrogens with two attached hydrogens (primary N) is 9. The van der Waals surface area contributed by atoms with Crippen LogP contribution < -0.4 is 86.1 Å². The number of carbonyl (C=O) groups is 4. The minimum Gasteiger partial charge on any atom is -0.370 e. The van der Waals surface area contributed by atoms with Gasteiger partial charge in [0.15, 0.2) is 0 Å². The molecule has 31 heteroatoms. The van der Waals surface area contributed by atoms with Crippen molar-refractivity contribution in [3.63, 3.8) is 0 Å². The molecule has 0 spiro atoms. The average molecular weight is 1130 g/mol. The van der Waals surface area contributed by atoms with E-state index >= 15 is 0 Å². The Morgan fingerprint density at radius 1 is 0.470 bits per heavy atom. The molecule has 0 aromatic rings. The highest BCUT2D eigenvalue weighted by Gasteiger charge is 2.17. The van der Waals surface area contributed by atoms with Crippen LogP contribution in [0.1, 0.15) is 144 Å². The van der Waals surface area contributed by atoms with E-state index in [9.17, 15) is 19.2 Å². The first kappa shape index (κ1) is 73.1. The van der Waals surface area contributed by atoms with Gasteiger partial charge in [0.2, 0.25) is 11.8 Å². The van der Waals surface area contributed by atoms with Gasteiger partial charge in [-0.15, -0.1) is 0 Å². The zero-order valence-electron chi connectivity index (χ0n) is 40.4. The zero-order valence-corrected chi connectivity index (χ0v) is 49.0. The standard InChI is InChI=1S/C12H26N3O2PS.C9H28N6P2S2.C8H20N3OPS.C6H18N5OPS/c1-2-3-9-15-18(14,19)10-5-7-11(16)6-4-8-12(13)17;1-3-5-7-12-16(10,18)14-9-15-17(11,19)13-8-6-4-2;1-2-3-6-11-13(10,14)7-4-5-8(9)12;1-2-3-4-11(13(8,9)14)5-10-6(7)12/h2-10H2,1H3,(H2,13,17)(H3,14,15,19);3-9H2,1-2H3,(H4,10,12,14,18)(H4,11,13,15,19);2-7H2,1H3,(H2,9,12)(H3,10,11,14);2-5H2,1H3,(H3,7,10,12)(H4,8,9,14). The van der Waals surface area contributed by atoms with Crippen LogP contribution in [0.4, 0.5) is 4.79 Å². The maximum absolute atomic E-state index is 11.5. The van der Waals surface area contributed by atoms with Gasteiger partial charge in [-0.25, -0.2) is 9.46 Å². The average Bonchev–Trinajstić information content (AvgIpc) is 3.17. The maximum Gasteiger partial charge on any atom is 0.313 e. The lowest BCUT2D eigenvalue weighted by Crippen LogP contribution is -2.41. The number of hydrogen-bond acceptors (Lipinski definition) is 9. The van der Waals surface area contributed by atoms with E-state index in [0.29, 0.717) is 57.6 Å². The summed E-state index contributed by atoms with van der Waals surface area (Å²) < 4.78 is 1.69. The zero-order chi connectivity index (χ0) is 51.7. The van der Waals surface area contributed by atoms with E-state index in [1.165, 1.54) is 0 Å². The van der Waals surface area contributed by atoms with Crippen molar-refractivity contribution in [2.45, 2.75) is 144 Å². The van der Waals surface area contributed by atoms with Gasteiger partial charge in [-0.2, -0.15) is 0 Å². The minimum atomic E-state index is -2.47. The molecule has 66 heavy (non-hydrogen) atoms. The number of amides is 4. The van der Waals surface area contributed by atoms with Gasteiger partial charge < -0.3 is 22.5 Å². The SMILES string of the molecule is CCCCN(CNC(N)=O)P(N)(N)=S.CCCCNP(N)(=S)CCCC(=O)CCCC(N)=O.CCCCNP(N)(=S)CCCC(N)=O.CCCCNP(N)(=S)NCNP(N)(=S)NCCCC. The highest BCUT2D eigenvalue weighted by molar-refractivity contribution is 8.13. The fourth-order valence-corrected chi connectivity index (χ4v) is 12.7. The number of primary amides is 3. The Bertz CT molecular complexity index is 1520. The van der Waals surface area contributed by atoms with Crippen LogP contribution in [0.15, 0.2) is 0 Å². The topological polar surface area (TPSA) is 390 Å². The van der Waals surface area contributed by atoms with E-state index < -0.39 is 38.2 Å². The molecule has 0 radical (unpaired) electrons. The van der Waals surface area contributed by atoms with Gasteiger partial charge >= 0.3 is 6.03 Å². The van der Waals surface area contributed by atoms with Crippen LogP contribution in [-0.4, -0.2) is 86.7 Å². The van der Waals surface area contributed by atoms with E-state index in [2.05, 4.69) is 70.5 Å². The molecule has 0 bridgehead atoms. The molecule has 0 heterocycles. The third kappa shape index (κ3) is 57.2. The fourth-order valence-electron chi connectivity index (χ4n) is 4.71. The van der Waals surface area contributed by atoms with Crippen molar-refractivity contribution in [2.24, 2.45) is 50.2 Å². The second-order valence-corrected chi connectivity index (χ2v) is 35.0. The molecular formula is C35H92N17O4P5S5. The number of unbranched alkanes of at least 4 members (excludes halogenated alkanes) is 5. The molecule has 0 aliphatic carbocycles. The number of nitrogens with zero attached hydrogens (tertiary/aromatic N) is 1. The summed E-state index contributed by atoms with van der Waals surface area (Å²) in [4.78, 5) is 43.0. The second kappa shape index (κ2) is 44.3. The molecule has 21 nitrogen and oxygen atoms in total. The highest BCUT2D eigenvalue weighted by atomic mass is 32.5. The van der Waals surface area contributed by atoms with Crippen LogP contribution in [0.5, 0.6) is 0 Å². The van der Waals surface area contributed by atoms with Crippen molar-refractivity contribution < 1.29 is 19.2 Å². The van der Waals surface area contributed by atoms with Crippen LogP contribution in [0.25, 0.3) is 0 Å². The van der Waals surface area contributed by atoms with Crippen molar-refractivity contribution in [1.82, 2.24) is 40.5 Å². The molecule has 0 aromatic heterocycles. The Morgan fingerprint density at radius 3 is 1.17 bits per heavy atom. The molecule has 0 fully saturated rings. The summed E-state index contributed by atoms with van der Waals surface area (Å²) in [5.41, 5.74) is 50.2. The van der Waals surface area contributed by atoms with E-state index in [1.54, 1.807) is 4.67 Å². The normalized spacial score (nSPS) is 14.8. The van der Waals surface area contributed by atoms with E-state index in [0.717, 1.165) is 96.8 Å². The number of Topliss-reactive ketones (excluding diaryl/α,β-unsaturated/α-hetero) is 1. The summed E-state index contributed by atoms with van der Waals surface area (Å²) in [5.74, 6) is -0.483. The van der Waals surface area contributed by atoms with Gasteiger partial charge in [0, 0.05) is 70.7 Å². The Kier molecular flexibility index (Phi) is 49.1. The largest absolute Gasteiger partial charge is 0.370 e. The maximum atomic E-state index is 11.5. The first-order valence-corrected chi connectivity index (χ1v) is 37.4. The molecule has 0 rings (SSSR count). The second-order valence-electron chi connectivity index (χ2n) is 15.4. The van der Waals surface area contributed by atoms with Gasteiger partial charge in [-0.05, 0) is 86.8 Å². The van der Waals surface area contributed by atoms with Crippen LogP contribution in [0.3, 0.4) is 0 Å². The third-order valence-corrected chi connectivity index (χ3v) is 20.0. The number of carbonyl (C=O) groups excluding carboxylic acids is 4. The third-order valence-electron chi connectivity index (χ3n) is 8.59. The molecule has 0 aliphatic rings. The minimum absolute atomic E-state index is 0.157. The van der Waals surface area contributed by atoms with Crippen molar-refractivity contribution in [2.75, 3.05) is 58.4 Å². The van der Waals surface area contributed by atoms with Crippen LogP contribution in [0.2, 0.25) is 0 Å². The summed E-state index contributed by atoms with van der Waals surface area (Å²) in [6.45, 7) is 8.46. The van der Waals surface area contributed by atoms with Gasteiger partial charge in [0.1, 0.15) is 25.3 Å². The summed E-state index contributed by atoms with van der Waals surface area (Å²) in [6, 6.07) is -0.602. The van der Waals surface area contributed by atoms with E-state index in [4.69, 9.17) is 109 Å². The predicted octanol–water partition coefficient (Wildman–Crippen LogP) is 3.68. The van der Waals surface area contributed by atoms with Gasteiger partial charge in [-0.3, -0.25) is 77.9 Å². The molecule has 4 atom stereocenters. The molecule has 396 valence electrons. The van der Waals surface area contributed by atoms with Gasteiger partial charge in [-0.1, -0.05) is 90.3 Å². The first-order chi connectivity index (χ1) is 30.6. The monoisotopic (exact) mass is 1130 g/mol. The lowest BCUT2D eigenvalue weighted by Gasteiger charge is -2.28. The Hall–Kier alpha value is 0.610. The molecule has 4 unspecified atom stereocenters. The number of hydrogen-bond donors (Lipinski definition) is 16. The molecular weight excluding hydrogens is 1040 g/mol. The van der Waals surface area contributed by atoms with Crippen molar-refractivity contribution in [1.29, 1.82) is 0 Å². The van der Waals surface area contributed by atoms with Crippen molar-refractivity contribution in [3.05, 3.63) is 0 Å². The van der Waals surface area contributed by atoms with Crippen LogP contribution in [0, 0.1) is 0 Å². The lowest BCUT2D eigenvalue weighted by molar-refractivity contribution is -0.120. The Labute approximate surface area is 424 Å². The lowest BCUT2D eigenvalue weighted by atomic mass is 10.1. The molecule has 25 N–H and O–H groups in total. The number of urea groups is 1. The predicted molar refractivity (Wildman–Crippen MR) is 304 cm³/mol. The highest BCUT2D eigenvalue weighted by Crippen LogP contribution is 2.34. The molecule has 0 saturated carbocycles. The smallest absolute Gasteiger partial charge is 0.313 e. The quantitative estimate of drug-likeness (QED) is 0.0238. The number of ketones is 1. The summed E-state index contributed by atoms with van der Waals surface area (Å²) in [5, 5.41) is 21.3. The fraction of sp³-hybridized carbons (Fsp3) is 0.886. The first-order valence-electron chi connectivity index (χ1n) is 22.6. The van der Waals surface area contributed by atoms with Gasteiger partial charge in [0.05, 0.1) is 26.0 Å².